The van der Waals surface area contributed by atoms with Crippen LogP contribution in [-0.4, -0.2) is 28.6 Å². The maximum absolute atomic E-state index is 8.56. The third kappa shape index (κ3) is 2.52. The first-order valence-electron chi connectivity index (χ1n) is 3.79. The normalized spacial score (nSPS) is 10.2. The van der Waals surface area contributed by atoms with E-state index in [4.69, 9.17) is 9.94 Å². The predicted octanol–water partition coefficient (Wildman–Crippen LogP) is 0.239. The van der Waals surface area contributed by atoms with Crippen molar-refractivity contribution in [2.75, 3.05) is 19.2 Å². The smallest absolute Gasteiger partial charge is 0.0983 e. The maximum atomic E-state index is 8.56. The van der Waals surface area contributed by atoms with Crippen LogP contribution in [0.4, 0.5) is 5.69 Å². The van der Waals surface area contributed by atoms with Gasteiger partial charge in [-0.15, -0.1) is 0 Å². The zero-order valence-corrected chi connectivity index (χ0v) is 7.03. The zero-order chi connectivity index (χ0) is 8.81. The highest BCUT2D eigenvalue weighted by Crippen LogP contribution is 2.04. The van der Waals surface area contributed by atoms with Crippen molar-refractivity contribution in [3.8, 4) is 0 Å². The molecule has 0 saturated heterocycles. The first-order valence-corrected chi connectivity index (χ1v) is 3.79. The molecule has 0 aromatic carbocycles. The summed E-state index contributed by atoms with van der Waals surface area (Å²) >= 11 is 0. The third-order valence-corrected chi connectivity index (χ3v) is 1.40. The molecule has 1 rings (SSSR count). The largest absolute Gasteiger partial charge is 0.396 e. The van der Waals surface area contributed by atoms with E-state index < -0.39 is 0 Å². The van der Waals surface area contributed by atoms with Gasteiger partial charge < -0.3 is 5.11 Å². The summed E-state index contributed by atoms with van der Waals surface area (Å²) in [6, 6.07) is 0. The van der Waals surface area contributed by atoms with Gasteiger partial charge in [0.15, 0.2) is 0 Å². The standard InChI is InChI=1S/C7H13N3O2/c1-12-9-7-5-8-10(6-7)3-2-4-11/h5-6,9,11H,2-4H2,1H3. The van der Waals surface area contributed by atoms with E-state index >= 15 is 0 Å². The first-order chi connectivity index (χ1) is 5.86. The lowest BCUT2D eigenvalue weighted by Crippen LogP contribution is -2.00. The monoisotopic (exact) mass is 171 g/mol. The van der Waals surface area contributed by atoms with Gasteiger partial charge >= 0.3 is 0 Å². The number of anilines is 1. The Morgan fingerprint density at radius 2 is 2.58 bits per heavy atom. The van der Waals surface area contributed by atoms with Crippen LogP contribution in [0, 0.1) is 0 Å². The Morgan fingerprint density at radius 3 is 3.25 bits per heavy atom. The number of rotatable bonds is 5. The summed E-state index contributed by atoms with van der Waals surface area (Å²) in [5, 5.41) is 12.6. The van der Waals surface area contributed by atoms with E-state index in [1.165, 1.54) is 0 Å². The number of hydrogen-bond donors (Lipinski definition) is 2. The minimum Gasteiger partial charge on any atom is -0.396 e. The second-order valence-corrected chi connectivity index (χ2v) is 2.38. The number of nitrogens with one attached hydrogen (secondary N) is 1. The van der Waals surface area contributed by atoms with Crippen LogP contribution >= 0.6 is 0 Å². The lowest BCUT2D eigenvalue weighted by atomic mass is 10.4. The molecule has 0 aliphatic rings. The Labute approximate surface area is 70.9 Å². The molecule has 1 heterocycles. The number of nitrogens with zero attached hydrogens (tertiary/aromatic N) is 2. The molecule has 0 fully saturated rings. The van der Waals surface area contributed by atoms with Crippen molar-refractivity contribution in [3.63, 3.8) is 0 Å². The highest BCUT2D eigenvalue weighted by molar-refractivity contribution is 5.34. The highest BCUT2D eigenvalue weighted by Gasteiger charge is 1.95. The number of hydrogen-bond acceptors (Lipinski definition) is 4. The summed E-state index contributed by atoms with van der Waals surface area (Å²) in [6.07, 6.45) is 4.20. The lowest BCUT2D eigenvalue weighted by Gasteiger charge is -1.98. The van der Waals surface area contributed by atoms with Gasteiger partial charge in [0.1, 0.15) is 0 Å². The van der Waals surface area contributed by atoms with Crippen LogP contribution in [-0.2, 0) is 11.4 Å². The molecule has 0 aliphatic heterocycles. The average molecular weight is 171 g/mol. The minimum absolute atomic E-state index is 0.187. The van der Waals surface area contributed by atoms with Crippen molar-refractivity contribution in [1.82, 2.24) is 9.78 Å². The number of aryl methyl sites for hydroxylation is 1. The van der Waals surface area contributed by atoms with Gasteiger partial charge in [-0.2, -0.15) is 5.10 Å². The summed E-state index contributed by atoms with van der Waals surface area (Å²) < 4.78 is 1.75. The molecular weight excluding hydrogens is 158 g/mol. The molecular formula is C7H13N3O2. The molecule has 0 amide bonds. The van der Waals surface area contributed by atoms with Crippen molar-refractivity contribution in [2.24, 2.45) is 0 Å². The molecule has 5 nitrogen and oxygen atoms in total. The highest BCUT2D eigenvalue weighted by atomic mass is 16.6. The van der Waals surface area contributed by atoms with Crippen LogP contribution in [0.3, 0.4) is 0 Å². The molecule has 0 unspecified atom stereocenters. The molecule has 2 N–H and O–H groups in total. The van der Waals surface area contributed by atoms with Crippen LogP contribution in [0.5, 0.6) is 0 Å². The van der Waals surface area contributed by atoms with E-state index in [2.05, 4.69) is 10.6 Å². The molecule has 5 heteroatoms. The van der Waals surface area contributed by atoms with Crippen molar-refractivity contribution in [1.29, 1.82) is 0 Å². The first kappa shape index (κ1) is 9.02. The molecule has 0 bridgehead atoms. The fourth-order valence-electron chi connectivity index (χ4n) is 0.889. The lowest BCUT2D eigenvalue weighted by molar-refractivity contribution is 0.270. The van der Waals surface area contributed by atoms with Crippen molar-refractivity contribution in [3.05, 3.63) is 12.4 Å². The minimum atomic E-state index is 0.187. The molecule has 0 spiro atoms. The van der Waals surface area contributed by atoms with Crippen LogP contribution in [0.15, 0.2) is 12.4 Å². The quantitative estimate of drug-likeness (QED) is 0.623. The van der Waals surface area contributed by atoms with Gasteiger partial charge in [0.25, 0.3) is 0 Å². The maximum Gasteiger partial charge on any atom is 0.0983 e. The SMILES string of the molecule is CONc1cnn(CCCO)c1. The van der Waals surface area contributed by atoms with Gasteiger partial charge in [-0.25, -0.2) is 0 Å². The summed E-state index contributed by atoms with van der Waals surface area (Å²) in [5.74, 6) is 0. The molecule has 1 aromatic rings. The van der Waals surface area contributed by atoms with Gasteiger partial charge in [0.05, 0.1) is 25.2 Å². The Hall–Kier alpha value is -1.07. The van der Waals surface area contributed by atoms with Gasteiger partial charge in [-0.3, -0.25) is 15.0 Å². The van der Waals surface area contributed by atoms with E-state index in [0.717, 1.165) is 12.2 Å². The summed E-state index contributed by atoms with van der Waals surface area (Å²) in [4.78, 5) is 4.69. The van der Waals surface area contributed by atoms with E-state index in [9.17, 15) is 0 Å². The van der Waals surface area contributed by atoms with Crippen LogP contribution in [0.2, 0.25) is 0 Å². The number of aliphatic hydroxyl groups is 1. The van der Waals surface area contributed by atoms with Gasteiger partial charge in [-0.05, 0) is 6.42 Å². The van der Waals surface area contributed by atoms with E-state index in [1.54, 1.807) is 18.0 Å². The average Bonchev–Trinajstić information content (AvgIpc) is 2.50. The van der Waals surface area contributed by atoms with Crippen LogP contribution < -0.4 is 5.48 Å². The van der Waals surface area contributed by atoms with Crippen molar-refractivity contribution < 1.29 is 9.94 Å². The Morgan fingerprint density at radius 1 is 1.75 bits per heavy atom. The molecule has 1 aromatic heterocycles. The summed E-state index contributed by atoms with van der Waals surface area (Å²) in [5.41, 5.74) is 3.47. The van der Waals surface area contributed by atoms with Gasteiger partial charge in [0.2, 0.25) is 0 Å². The number of aromatic nitrogens is 2. The fourth-order valence-corrected chi connectivity index (χ4v) is 0.889. The second kappa shape index (κ2) is 4.74. The van der Waals surface area contributed by atoms with E-state index in [-0.39, 0.29) is 6.61 Å². The van der Waals surface area contributed by atoms with Crippen LogP contribution in [0.25, 0.3) is 0 Å². The molecule has 68 valence electrons. The van der Waals surface area contributed by atoms with Gasteiger partial charge in [-0.1, -0.05) is 0 Å². The summed E-state index contributed by atoms with van der Waals surface area (Å²) in [7, 11) is 1.55. The molecule has 12 heavy (non-hydrogen) atoms. The molecule has 0 atom stereocenters. The topological polar surface area (TPSA) is 59.3 Å². The predicted molar refractivity (Wildman–Crippen MR) is 44.6 cm³/mol. The second-order valence-electron chi connectivity index (χ2n) is 2.38. The Kier molecular flexibility index (Phi) is 3.56. The van der Waals surface area contributed by atoms with Crippen molar-refractivity contribution in [2.45, 2.75) is 13.0 Å². The third-order valence-electron chi connectivity index (χ3n) is 1.40. The van der Waals surface area contributed by atoms with E-state index in [1.807, 2.05) is 6.20 Å². The Balaban J connectivity index is 2.41. The van der Waals surface area contributed by atoms with Crippen LogP contribution in [0.1, 0.15) is 6.42 Å². The zero-order valence-electron chi connectivity index (χ0n) is 7.03. The van der Waals surface area contributed by atoms with Crippen molar-refractivity contribution >= 4 is 5.69 Å². The fraction of sp³-hybridized carbons (Fsp3) is 0.571. The molecule has 0 aliphatic carbocycles. The summed E-state index contributed by atoms with van der Waals surface area (Å²) in [6.45, 7) is 0.912. The molecule has 0 radical (unpaired) electrons. The molecule has 0 saturated carbocycles. The van der Waals surface area contributed by atoms with E-state index in [0.29, 0.717) is 6.42 Å². The number of aliphatic hydroxyl groups excluding tert-OH is 1. The Bertz CT molecular complexity index is 224. The van der Waals surface area contributed by atoms with Gasteiger partial charge in [0, 0.05) is 13.2 Å².